The van der Waals surface area contributed by atoms with Crippen molar-refractivity contribution in [2.75, 3.05) is 13.7 Å². The predicted octanol–water partition coefficient (Wildman–Crippen LogP) is 3.65. The van der Waals surface area contributed by atoms with Gasteiger partial charge in [-0.05, 0) is 80.0 Å². The van der Waals surface area contributed by atoms with E-state index >= 15 is 0 Å². The molecular formula is C19H27NO. The Morgan fingerprint density at radius 3 is 2.95 bits per heavy atom. The van der Waals surface area contributed by atoms with E-state index in [1.807, 2.05) is 6.07 Å². The Balaban J connectivity index is 1.30. The molecule has 2 bridgehead atoms. The third kappa shape index (κ3) is 2.48. The first-order valence-corrected chi connectivity index (χ1v) is 8.71. The summed E-state index contributed by atoms with van der Waals surface area (Å²) in [4.78, 5) is 0. The van der Waals surface area contributed by atoms with Crippen molar-refractivity contribution in [1.29, 1.82) is 0 Å². The second-order valence-electron chi connectivity index (χ2n) is 7.32. The number of fused-ring (bicyclic) bond motifs is 5. The summed E-state index contributed by atoms with van der Waals surface area (Å²) >= 11 is 0. The van der Waals surface area contributed by atoms with Crippen LogP contribution in [0.1, 0.15) is 37.7 Å². The Morgan fingerprint density at radius 2 is 2.05 bits per heavy atom. The van der Waals surface area contributed by atoms with Gasteiger partial charge in [-0.2, -0.15) is 0 Å². The van der Waals surface area contributed by atoms with Crippen LogP contribution in [0.4, 0.5) is 0 Å². The zero-order valence-corrected chi connectivity index (χ0v) is 13.1. The van der Waals surface area contributed by atoms with E-state index in [2.05, 4.69) is 23.5 Å². The number of ether oxygens (including phenoxy) is 1. The maximum atomic E-state index is 5.30. The molecule has 1 N–H and O–H groups in total. The molecule has 3 aliphatic carbocycles. The molecule has 21 heavy (non-hydrogen) atoms. The van der Waals surface area contributed by atoms with Crippen LogP contribution in [-0.2, 0) is 6.42 Å². The molecular weight excluding hydrogens is 258 g/mol. The summed E-state index contributed by atoms with van der Waals surface area (Å²) in [5, 5.41) is 3.87. The van der Waals surface area contributed by atoms with E-state index in [-0.39, 0.29) is 0 Å². The highest BCUT2D eigenvalue weighted by molar-refractivity contribution is 5.28. The van der Waals surface area contributed by atoms with Crippen molar-refractivity contribution in [1.82, 2.24) is 5.32 Å². The van der Waals surface area contributed by atoms with Crippen LogP contribution in [0, 0.1) is 23.7 Å². The third-order valence-electron chi connectivity index (χ3n) is 6.38. The minimum atomic E-state index is 0.806. The fraction of sp³-hybridized carbons (Fsp3) is 0.684. The normalized spacial score (nSPS) is 36.9. The molecule has 3 aliphatic rings. The van der Waals surface area contributed by atoms with Gasteiger partial charge in [0.2, 0.25) is 0 Å². The van der Waals surface area contributed by atoms with Gasteiger partial charge in [0.1, 0.15) is 5.75 Å². The first-order chi connectivity index (χ1) is 10.3. The molecule has 1 aromatic rings. The Labute approximate surface area is 128 Å². The first kappa shape index (κ1) is 13.6. The molecule has 0 radical (unpaired) electrons. The van der Waals surface area contributed by atoms with E-state index in [1.165, 1.54) is 37.7 Å². The van der Waals surface area contributed by atoms with Gasteiger partial charge in [0, 0.05) is 6.04 Å². The number of hydrogen-bond donors (Lipinski definition) is 1. The van der Waals surface area contributed by atoms with Gasteiger partial charge < -0.3 is 10.1 Å². The smallest absolute Gasteiger partial charge is 0.119 e. The van der Waals surface area contributed by atoms with Crippen LogP contribution in [0.25, 0.3) is 0 Å². The molecule has 0 aliphatic heterocycles. The fourth-order valence-corrected chi connectivity index (χ4v) is 5.53. The van der Waals surface area contributed by atoms with Crippen molar-refractivity contribution in [2.45, 2.75) is 44.6 Å². The molecule has 0 spiro atoms. The highest BCUT2D eigenvalue weighted by Gasteiger charge is 2.53. The molecule has 3 fully saturated rings. The topological polar surface area (TPSA) is 21.3 Å². The lowest BCUT2D eigenvalue weighted by atomic mass is 9.79. The molecule has 2 heteroatoms. The Morgan fingerprint density at radius 1 is 1.14 bits per heavy atom. The second-order valence-corrected chi connectivity index (χ2v) is 7.32. The highest BCUT2D eigenvalue weighted by atomic mass is 16.5. The molecule has 0 saturated heterocycles. The summed E-state index contributed by atoms with van der Waals surface area (Å²) in [6, 6.07) is 9.29. The summed E-state index contributed by atoms with van der Waals surface area (Å²) in [7, 11) is 1.74. The molecule has 3 saturated carbocycles. The average molecular weight is 285 g/mol. The van der Waals surface area contributed by atoms with Crippen LogP contribution in [0.15, 0.2) is 24.3 Å². The SMILES string of the molecule is COc1cccc(CCN[C@@H]2CC3CC2[C@H]2CCC[C@@H]32)c1. The lowest BCUT2D eigenvalue weighted by molar-refractivity contribution is 0.209. The largest absolute Gasteiger partial charge is 0.497 e. The lowest BCUT2D eigenvalue weighted by Crippen LogP contribution is -2.40. The zero-order chi connectivity index (χ0) is 14.2. The molecule has 0 heterocycles. The number of rotatable bonds is 5. The maximum Gasteiger partial charge on any atom is 0.119 e. The van der Waals surface area contributed by atoms with Gasteiger partial charge in [-0.15, -0.1) is 0 Å². The van der Waals surface area contributed by atoms with Gasteiger partial charge in [0.25, 0.3) is 0 Å². The monoisotopic (exact) mass is 285 g/mol. The van der Waals surface area contributed by atoms with Gasteiger partial charge >= 0.3 is 0 Å². The van der Waals surface area contributed by atoms with Crippen LogP contribution in [0.2, 0.25) is 0 Å². The van der Waals surface area contributed by atoms with Crippen LogP contribution in [-0.4, -0.2) is 19.7 Å². The van der Waals surface area contributed by atoms with Crippen molar-refractivity contribution in [2.24, 2.45) is 23.7 Å². The minimum absolute atomic E-state index is 0.806. The first-order valence-electron chi connectivity index (χ1n) is 8.71. The summed E-state index contributed by atoms with van der Waals surface area (Å²) in [6.07, 6.45) is 8.62. The third-order valence-corrected chi connectivity index (χ3v) is 6.38. The summed E-state index contributed by atoms with van der Waals surface area (Å²) in [5.74, 6) is 5.19. The zero-order valence-electron chi connectivity index (χ0n) is 13.1. The van der Waals surface area contributed by atoms with E-state index in [4.69, 9.17) is 4.74 Å². The number of benzene rings is 1. The van der Waals surface area contributed by atoms with E-state index in [1.54, 1.807) is 7.11 Å². The van der Waals surface area contributed by atoms with Crippen LogP contribution >= 0.6 is 0 Å². The van der Waals surface area contributed by atoms with Gasteiger partial charge in [0.05, 0.1) is 7.11 Å². The van der Waals surface area contributed by atoms with Gasteiger partial charge in [-0.25, -0.2) is 0 Å². The van der Waals surface area contributed by atoms with Crippen molar-refractivity contribution in [3.8, 4) is 5.75 Å². The molecule has 0 aromatic heterocycles. The number of nitrogens with one attached hydrogen (secondary N) is 1. The maximum absolute atomic E-state index is 5.30. The Kier molecular flexibility index (Phi) is 3.66. The van der Waals surface area contributed by atoms with E-state index in [9.17, 15) is 0 Å². The summed E-state index contributed by atoms with van der Waals surface area (Å²) < 4.78 is 5.30. The van der Waals surface area contributed by atoms with Crippen molar-refractivity contribution < 1.29 is 4.74 Å². The fourth-order valence-electron chi connectivity index (χ4n) is 5.53. The average Bonchev–Trinajstić information content (AvgIpc) is 3.20. The molecule has 0 amide bonds. The summed E-state index contributed by atoms with van der Waals surface area (Å²) in [5.41, 5.74) is 1.38. The standard InChI is InChI=1S/C19H27NO/c1-21-15-5-2-4-13(10-15)8-9-20-19-12-14-11-18(19)17-7-3-6-16(14)17/h2,4-5,10,14,16-20H,3,6-9,11-12H2,1H3/t14?,16-,17-,18?,19+/m0/s1. The summed E-state index contributed by atoms with van der Waals surface area (Å²) in [6.45, 7) is 1.11. The predicted molar refractivity (Wildman–Crippen MR) is 85.5 cm³/mol. The molecule has 114 valence electrons. The van der Waals surface area contributed by atoms with Gasteiger partial charge in [-0.1, -0.05) is 18.6 Å². The minimum Gasteiger partial charge on any atom is -0.497 e. The van der Waals surface area contributed by atoms with Gasteiger partial charge in [0.15, 0.2) is 0 Å². The highest BCUT2D eigenvalue weighted by Crippen LogP contribution is 2.58. The molecule has 5 atom stereocenters. The van der Waals surface area contributed by atoms with Crippen LogP contribution in [0.3, 0.4) is 0 Å². The van der Waals surface area contributed by atoms with Crippen molar-refractivity contribution >= 4 is 0 Å². The second kappa shape index (κ2) is 5.64. The van der Waals surface area contributed by atoms with Crippen molar-refractivity contribution in [3.63, 3.8) is 0 Å². The Bertz CT molecular complexity index is 500. The Hall–Kier alpha value is -1.02. The number of methoxy groups -OCH3 is 1. The molecule has 2 nitrogen and oxygen atoms in total. The number of hydrogen-bond acceptors (Lipinski definition) is 2. The van der Waals surface area contributed by atoms with E-state index in [0.717, 1.165) is 48.4 Å². The van der Waals surface area contributed by atoms with Crippen molar-refractivity contribution in [3.05, 3.63) is 29.8 Å². The van der Waals surface area contributed by atoms with Crippen LogP contribution < -0.4 is 10.1 Å². The lowest BCUT2D eigenvalue weighted by Gasteiger charge is -2.32. The molecule has 2 unspecified atom stereocenters. The van der Waals surface area contributed by atoms with Crippen LogP contribution in [0.5, 0.6) is 5.75 Å². The van der Waals surface area contributed by atoms with E-state index < -0.39 is 0 Å². The quantitative estimate of drug-likeness (QED) is 0.891. The molecule has 1 aromatic carbocycles. The van der Waals surface area contributed by atoms with Gasteiger partial charge in [-0.3, -0.25) is 0 Å². The molecule has 4 rings (SSSR count). The van der Waals surface area contributed by atoms with E-state index in [0.29, 0.717) is 0 Å².